The fourth-order valence-electron chi connectivity index (χ4n) is 4.96. The Bertz CT molecular complexity index is 770. The van der Waals surface area contributed by atoms with Crippen molar-refractivity contribution in [1.29, 1.82) is 0 Å². The summed E-state index contributed by atoms with van der Waals surface area (Å²) in [7, 11) is 0. The van der Waals surface area contributed by atoms with E-state index in [-0.39, 0.29) is 0 Å². The lowest BCUT2D eigenvalue weighted by molar-refractivity contribution is -0.133. The average Bonchev–Trinajstić information content (AvgIpc) is 3.33. The SMILES string of the molecule is O=C(CC[C@@H]1CCCN(CCCn2cccn2)C1)N1CCN(Cc2ccccc2)CC1. The van der Waals surface area contributed by atoms with Crippen LogP contribution in [0.1, 0.15) is 37.7 Å². The smallest absolute Gasteiger partial charge is 0.222 e. The second kappa shape index (κ2) is 11.4. The fourth-order valence-corrected chi connectivity index (χ4v) is 4.96. The number of benzene rings is 1. The molecule has 0 saturated carbocycles. The summed E-state index contributed by atoms with van der Waals surface area (Å²) in [6, 6.07) is 12.6. The molecular weight excluding hydrogens is 386 g/mol. The molecule has 4 rings (SSSR count). The van der Waals surface area contributed by atoms with E-state index in [0.29, 0.717) is 18.2 Å². The van der Waals surface area contributed by atoms with Crippen LogP contribution in [0.15, 0.2) is 48.8 Å². The molecule has 2 aliphatic rings. The highest BCUT2D eigenvalue weighted by molar-refractivity contribution is 5.76. The Kier molecular flexibility index (Phi) is 8.13. The van der Waals surface area contributed by atoms with Crippen LogP contribution in [-0.4, -0.2) is 76.2 Å². The number of amides is 1. The standard InChI is InChI=1S/C25H37N5O/c31-25(29-19-17-28(18-20-29)21-23-7-2-1-3-8-23)11-10-24-9-4-13-27(22-24)14-6-16-30-15-5-12-26-30/h1-3,5,7-8,12,15,24H,4,6,9-11,13-14,16-22H2/t24-/m0/s1. The van der Waals surface area contributed by atoms with Crippen molar-refractivity contribution in [3.63, 3.8) is 0 Å². The maximum atomic E-state index is 12.8. The number of aromatic nitrogens is 2. The third kappa shape index (κ3) is 6.91. The van der Waals surface area contributed by atoms with Crippen molar-refractivity contribution in [3.05, 3.63) is 54.4 Å². The van der Waals surface area contributed by atoms with Crippen LogP contribution in [0.3, 0.4) is 0 Å². The van der Waals surface area contributed by atoms with Gasteiger partial charge < -0.3 is 9.80 Å². The first kappa shape index (κ1) is 22.0. The molecule has 1 aromatic heterocycles. The van der Waals surface area contributed by atoms with Crippen molar-refractivity contribution in [2.75, 3.05) is 45.8 Å². The van der Waals surface area contributed by atoms with Crippen molar-refractivity contribution in [1.82, 2.24) is 24.5 Å². The third-order valence-electron chi connectivity index (χ3n) is 6.76. The van der Waals surface area contributed by atoms with E-state index in [1.54, 1.807) is 0 Å². The quantitative estimate of drug-likeness (QED) is 0.622. The molecule has 0 aliphatic carbocycles. The lowest BCUT2D eigenvalue weighted by Gasteiger charge is -2.36. The van der Waals surface area contributed by atoms with E-state index in [1.165, 1.54) is 24.9 Å². The van der Waals surface area contributed by atoms with Crippen LogP contribution >= 0.6 is 0 Å². The van der Waals surface area contributed by atoms with Gasteiger partial charge >= 0.3 is 0 Å². The van der Waals surface area contributed by atoms with E-state index in [1.807, 2.05) is 23.1 Å². The molecule has 1 amide bonds. The third-order valence-corrected chi connectivity index (χ3v) is 6.76. The predicted octanol–water partition coefficient (Wildman–Crippen LogP) is 3.11. The highest BCUT2D eigenvalue weighted by Crippen LogP contribution is 2.22. The maximum absolute atomic E-state index is 12.8. The van der Waals surface area contributed by atoms with E-state index in [4.69, 9.17) is 0 Å². The van der Waals surface area contributed by atoms with E-state index in [2.05, 4.69) is 50.1 Å². The van der Waals surface area contributed by atoms with Gasteiger partial charge in [0.2, 0.25) is 5.91 Å². The molecule has 6 nitrogen and oxygen atoms in total. The van der Waals surface area contributed by atoms with E-state index in [9.17, 15) is 4.79 Å². The summed E-state index contributed by atoms with van der Waals surface area (Å²) in [6.45, 7) is 9.16. The Hall–Kier alpha value is -2.18. The number of hydrogen-bond acceptors (Lipinski definition) is 4. The second-order valence-electron chi connectivity index (χ2n) is 9.11. The van der Waals surface area contributed by atoms with Crippen LogP contribution in [0.4, 0.5) is 0 Å². The number of aryl methyl sites for hydroxylation is 1. The molecule has 31 heavy (non-hydrogen) atoms. The molecule has 0 radical (unpaired) electrons. The number of carbonyl (C=O) groups excluding carboxylic acids is 1. The van der Waals surface area contributed by atoms with E-state index < -0.39 is 0 Å². The highest BCUT2D eigenvalue weighted by Gasteiger charge is 2.24. The molecule has 2 aromatic rings. The number of carbonyl (C=O) groups is 1. The summed E-state index contributed by atoms with van der Waals surface area (Å²) >= 11 is 0. The Balaban J connectivity index is 1.12. The molecule has 0 bridgehead atoms. The van der Waals surface area contributed by atoms with Gasteiger partial charge in [0.05, 0.1) is 0 Å². The first-order chi connectivity index (χ1) is 15.3. The molecule has 0 spiro atoms. The van der Waals surface area contributed by atoms with Crippen LogP contribution in [0.5, 0.6) is 0 Å². The van der Waals surface area contributed by atoms with Crippen LogP contribution < -0.4 is 0 Å². The van der Waals surface area contributed by atoms with Gasteiger partial charge in [-0.15, -0.1) is 0 Å². The average molecular weight is 424 g/mol. The largest absolute Gasteiger partial charge is 0.340 e. The van der Waals surface area contributed by atoms with Crippen molar-refractivity contribution in [3.8, 4) is 0 Å². The van der Waals surface area contributed by atoms with Gasteiger partial charge in [-0.1, -0.05) is 30.3 Å². The minimum absolute atomic E-state index is 0.357. The molecule has 168 valence electrons. The second-order valence-corrected chi connectivity index (χ2v) is 9.11. The Morgan fingerprint density at radius 1 is 0.968 bits per heavy atom. The lowest BCUT2D eigenvalue weighted by atomic mass is 9.93. The summed E-state index contributed by atoms with van der Waals surface area (Å²) in [5.74, 6) is 1.02. The number of nitrogens with zero attached hydrogens (tertiary/aromatic N) is 5. The van der Waals surface area contributed by atoms with Gasteiger partial charge in [0.25, 0.3) is 0 Å². The molecule has 1 atom stereocenters. The molecule has 2 saturated heterocycles. The fraction of sp³-hybridized carbons (Fsp3) is 0.600. The summed E-state index contributed by atoms with van der Waals surface area (Å²) in [5, 5.41) is 4.29. The lowest BCUT2D eigenvalue weighted by Crippen LogP contribution is -2.48. The molecule has 3 heterocycles. The van der Waals surface area contributed by atoms with Gasteiger partial charge in [-0.3, -0.25) is 14.4 Å². The first-order valence-corrected chi connectivity index (χ1v) is 12.0. The number of rotatable bonds is 9. The normalized spacial score (nSPS) is 20.8. The van der Waals surface area contributed by atoms with Gasteiger partial charge in [0.15, 0.2) is 0 Å². The molecular formula is C25H37N5O. The van der Waals surface area contributed by atoms with Gasteiger partial charge in [-0.25, -0.2) is 0 Å². The number of likely N-dealkylation sites (tertiary alicyclic amines) is 1. The molecule has 0 unspecified atom stereocenters. The van der Waals surface area contributed by atoms with Crippen LogP contribution in [0.2, 0.25) is 0 Å². The van der Waals surface area contributed by atoms with Crippen molar-refractivity contribution < 1.29 is 4.79 Å². The Morgan fingerprint density at radius 2 is 1.81 bits per heavy atom. The van der Waals surface area contributed by atoms with Gasteiger partial charge in [-0.05, 0) is 56.3 Å². The zero-order chi connectivity index (χ0) is 21.3. The molecule has 1 aromatic carbocycles. The molecule has 6 heteroatoms. The van der Waals surface area contributed by atoms with Crippen LogP contribution in [-0.2, 0) is 17.9 Å². The van der Waals surface area contributed by atoms with E-state index >= 15 is 0 Å². The highest BCUT2D eigenvalue weighted by atomic mass is 16.2. The monoisotopic (exact) mass is 423 g/mol. The molecule has 2 fully saturated rings. The molecule has 0 N–H and O–H groups in total. The van der Waals surface area contributed by atoms with Gasteiger partial charge in [-0.2, -0.15) is 5.10 Å². The number of hydrogen-bond donors (Lipinski definition) is 0. The van der Waals surface area contributed by atoms with Gasteiger partial charge in [0.1, 0.15) is 0 Å². The summed E-state index contributed by atoms with van der Waals surface area (Å²) in [6.07, 6.45) is 9.31. The zero-order valence-electron chi connectivity index (χ0n) is 18.7. The predicted molar refractivity (Wildman–Crippen MR) is 124 cm³/mol. The van der Waals surface area contributed by atoms with Crippen molar-refractivity contribution in [2.45, 2.75) is 45.2 Å². The minimum Gasteiger partial charge on any atom is -0.340 e. The number of piperidine rings is 1. The van der Waals surface area contributed by atoms with Crippen molar-refractivity contribution in [2.24, 2.45) is 5.92 Å². The Labute approximate surface area is 186 Å². The molecule has 2 aliphatic heterocycles. The topological polar surface area (TPSA) is 44.6 Å². The summed E-state index contributed by atoms with van der Waals surface area (Å²) in [5.41, 5.74) is 1.36. The van der Waals surface area contributed by atoms with Crippen LogP contribution in [0, 0.1) is 5.92 Å². The summed E-state index contributed by atoms with van der Waals surface area (Å²) in [4.78, 5) is 19.9. The first-order valence-electron chi connectivity index (χ1n) is 12.0. The zero-order valence-corrected chi connectivity index (χ0v) is 18.7. The van der Waals surface area contributed by atoms with Crippen molar-refractivity contribution >= 4 is 5.91 Å². The van der Waals surface area contributed by atoms with E-state index in [0.717, 1.165) is 65.2 Å². The minimum atomic E-state index is 0.357. The summed E-state index contributed by atoms with van der Waals surface area (Å²) < 4.78 is 2.01. The van der Waals surface area contributed by atoms with Gasteiger partial charge in [0, 0.05) is 64.6 Å². The van der Waals surface area contributed by atoms with Crippen LogP contribution in [0.25, 0.3) is 0 Å². The number of piperazine rings is 1. The Morgan fingerprint density at radius 3 is 2.58 bits per heavy atom. The maximum Gasteiger partial charge on any atom is 0.222 e.